The Morgan fingerprint density at radius 1 is 1.09 bits per heavy atom. The van der Waals surface area contributed by atoms with Gasteiger partial charge in [0.25, 0.3) is 0 Å². The Balaban J connectivity index is 1.68. The molecule has 5 aromatic rings. The summed E-state index contributed by atoms with van der Waals surface area (Å²) in [7, 11) is 0. The van der Waals surface area contributed by atoms with E-state index in [-0.39, 0.29) is 11.6 Å². The first-order valence-corrected chi connectivity index (χ1v) is 9.38. The number of imidazole rings is 1. The Hall–Kier alpha value is -4.29. The summed E-state index contributed by atoms with van der Waals surface area (Å²) in [6.45, 7) is 1.70. The number of nitrogens with one attached hydrogen (secondary N) is 2. The predicted molar refractivity (Wildman–Crippen MR) is 107 cm³/mol. The van der Waals surface area contributed by atoms with Crippen LogP contribution in [-0.4, -0.2) is 38.9 Å². The van der Waals surface area contributed by atoms with Crippen molar-refractivity contribution >= 4 is 22.6 Å². The van der Waals surface area contributed by atoms with Crippen LogP contribution < -0.4 is 11.0 Å². The molecular formula is C19H14F3N9O. The molecule has 0 aliphatic carbocycles. The molecule has 5 heterocycles. The second-order valence-corrected chi connectivity index (χ2v) is 6.89. The highest BCUT2D eigenvalue weighted by Gasteiger charge is 2.33. The summed E-state index contributed by atoms with van der Waals surface area (Å²) in [4.78, 5) is 36.6. The summed E-state index contributed by atoms with van der Waals surface area (Å²) < 4.78 is 42.0. The molecule has 2 N–H and O–H groups in total. The van der Waals surface area contributed by atoms with E-state index in [0.29, 0.717) is 22.6 Å². The van der Waals surface area contributed by atoms with Crippen molar-refractivity contribution < 1.29 is 13.2 Å². The molecule has 0 saturated carbocycles. The first-order chi connectivity index (χ1) is 15.3. The highest BCUT2D eigenvalue weighted by Crippen LogP contribution is 2.28. The predicted octanol–water partition coefficient (Wildman–Crippen LogP) is 2.74. The molecule has 0 bridgehead atoms. The summed E-state index contributed by atoms with van der Waals surface area (Å²) in [6.07, 6.45) is -0.390. The van der Waals surface area contributed by atoms with Gasteiger partial charge in [-0.2, -0.15) is 13.2 Å². The van der Waals surface area contributed by atoms with Crippen molar-refractivity contribution in [1.82, 2.24) is 38.9 Å². The molecule has 0 aliphatic heterocycles. The SMILES string of the molecule is CC(Nc1ncnc2[nH]cnc12)c1nc2cccn2c(=O)n1-c1cccc(C(F)(F)F)n1. The Labute approximate surface area is 176 Å². The minimum absolute atomic E-state index is 0.148. The highest BCUT2D eigenvalue weighted by atomic mass is 19.4. The second-order valence-electron chi connectivity index (χ2n) is 6.89. The van der Waals surface area contributed by atoms with Gasteiger partial charge in [0.05, 0.1) is 12.4 Å². The van der Waals surface area contributed by atoms with E-state index in [9.17, 15) is 18.0 Å². The molecule has 5 rings (SSSR count). The van der Waals surface area contributed by atoms with E-state index in [0.717, 1.165) is 10.6 Å². The summed E-state index contributed by atoms with van der Waals surface area (Å²) in [6, 6.07) is 5.93. The van der Waals surface area contributed by atoms with Crippen LogP contribution in [0.1, 0.15) is 24.5 Å². The molecule has 0 spiro atoms. The maximum absolute atomic E-state index is 13.2. The summed E-state index contributed by atoms with van der Waals surface area (Å²) in [5, 5.41) is 3.11. The number of aromatic nitrogens is 8. The summed E-state index contributed by atoms with van der Waals surface area (Å²) in [5.41, 5.74) is -0.413. The van der Waals surface area contributed by atoms with E-state index in [1.165, 1.54) is 35.4 Å². The average molecular weight is 441 g/mol. The molecule has 10 nitrogen and oxygen atoms in total. The number of H-pyrrole nitrogens is 1. The van der Waals surface area contributed by atoms with Crippen molar-refractivity contribution in [2.45, 2.75) is 19.1 Å². The number of pyridine rings is 1. The Morgan fingerprint density at radius 2 is 1.94 bits per heavy atom. The van der Waals surface area contributed by atoms with Gasteiger partial charge < -0.3 is 10.3 Å². The first-order valence-electron chi connectivity index (χ1n) is 9.38. The molecule has 0 amide bonds. The molecule has 1 unspecified atom stereocenters. The van der Waals surface area contributed by atoms with Gasteiger partial charge in [-0.25, -0.2) is 34.3 Å². The van der Waals surface area contributed by atoms with Gasteiger partial charge in [0.2, 0.25) is 0 Å². The monoisotopic (exact) mass is 441 g/mol. The number of alkyl halides is 3. The number of halogens is 3. The fourth-order valence-corrected chi connectivity index (χ4v) is 3.35. The molecule has 0 aromatic carbocycles. The Kier molecular flexibility index (Phi) is 4.39. The van der Waals surface area contributed by atoms with E-state index >= 15 is 0 Å². The number of hydrogen-bond acceptors (Lipinski definition) is 7. The van der Waals surface area contributed by atoms with Crippen LogP contribution in [0.15, 0.2) is 54.0 Å². The zero-order valence-corrected chi connectivity index (χ0v) is 16.4. The molecule has 0 fully saturated rings. The van der Waals surface area contributed by atoms with Gasteiger partial charge in [-0.15, -0.1) is 0 Å². The molecule has 0 saturated heterocycles. The lowest BCUT2D eigenvalue weighted by Gasteiger charge is -2.19. The quantitative estimate of drug-likeness (QED) is 0.440. The number of anilines is 1. The summed E-state index contributed by atoms with van der Waals surface area (Å²) >= 11 is 0. The minimum Gasteiger partial charge on any atom is -0.358 e. The Bertz CT molecular complexity index is 1500. The largest absolute Gasteiger partial charge is 0.433 e. The van der Waals surface area contributed by atoms with Crippen LogP contribution in [0.5, 0.6) is 0 Å². The number of nitrogens with zero attached hydrogens (tertiary/aromatic N) is 7. The van der Waals surface area contributed by atoms with Crippen LogP contribution in [0.2, 0.25) is 0 Å². The number of hydrogen-bond donors (Lipinski definition) is 2. The van der Waals surface area contributed by atoms with E-state index in [4.69, 9.17) is 0 Å². The fraction of sp³-hybridized carbons (Fsp3) is 0.158. The van der Waals surface area contributed by atoms with Gasteiger partial charge >= 0.3 is 11.9 Å². The standard InChI is InChI=1S/C19H14F3N9O/c1-10(27-16-14-15(24-8-23-14)25-9-26-16)17-29-12-6-3-7-30(12)18(32)31(17)13-5-2-4-11(28-13)19(20,21)22/h2-10H,1H3,(H2,23,24,25,26,27). The van der Waals surface area contributed by atoms with Crippen LogP contribution in [0.4, 0.5) is 19.0 Å². The first kappa shape index (κ1) is 19.7. The lowest BCUT2D eigenvalue weighted by molar-refractivity contribution is -0.141. The lowest BCUT2D eigenvalue weighted by atomic mass is 10.2. The third-order valence-electron chi connectivity index (χ3n) is 4.79. The van der Waals surface area contributed by atoms with Gasteiger partial charge in [0.1, 0.15) is 34.8 Å². The normalized spacial score (nSPS) is 13.0. The molecule has 5 aromatic heterocycles. The van der Waals surface area contributed by atoms with E-state index in [1.54, 1.807) is 19.1 Å². The smallest absolute Gasteiger partial charge is 0.358 e. The van der Waals surface area contributed by atoms with Crippen molar-refractivity contribution in [2.75, 3.05) is 5.32 Å². The third-order valence-corrected chi connectivity index (χ3v) is 4.79. The fourth-order valence-electron chi connectivity index (χ4n) is 3.35. The average Bonchev–Trinajstić information content (AvgIpc) is 3.43. The van der Waals surface area contributed by atoms with E-state index in [2.05, 4.69) is 35.2 Å². The zero-order valence-electron chi connectivity index (χ0n) is 16.4. The molecule has 0 aliphatic rings. The minimum atomic E-state index is -4.67. The van der Waals surface area contributed by atoms with Gasteiger partial charge in [-0.3, -0.25) is 4.40 Å². The van der Waals surface area contributed by atoms with Gasteiger partial charge in [-0.1, -0.05) is 6.07 Å². The molecular weight excluding hydrogens is 427 g/mol. The Morgan fingerprint density at radius 3 is 2.75 bits per heavy atom. The van der Waals surface area contributed by atoms with Crippen LogP contribution in [0.25, 0.3) is 22.6 Å². The molecule has 13 heteroatoms. The molecule has 162 valence electrons. The van der Waals surface area contributed by atoms with Crippen LogP contribution in [-0.2, 0) is 6.18 Å². The summed E-state index contributed by atoms with van der Waals surface area (Å²) in [5.74, 6) is 0.316. The van der Waals surface area contributed by atoms with Gasteiger partial charge in [0, 0.05) is 6.20 Å². The molecule has 1 atom stereocenters. The number of fused-ring (bicyclic) bond motifs is 2. The number of rotatable bonds is 4. The highest BCUT2D eigenvalue weighted by molar-refractivity contribution is 5.82. The van der Waals surface area contributed by atoms with Crippen molar-refractivity contribution in [1.29, 1.82) is 0 Å². The van der Waals surface area contributed by atoms with E-state index in [1.807, 2.05) is 0 Å². The van der Waals surface area contributed by atoms with Crippen molar-refractivity contribution in [3.05, 3.63) is 71.2 Å². The van der Waals surface area contributed by atoms with Crippen LogP contribution in [0.3, 0.4) is 0 Å². The molecule has 0 radical (unpaired) electrons. The number of aromatic amines is 1. The van der Waals surface area contributed by atoms with Crippen molar-refractivity contribution in [2.24, 2.45) is 0 Å². The second kappa shape index (κ2) is 7.14. The molecule has 32 heavy (non-hydrogen) atoms. The van der Waals surface area contributed by atoms with Crippen LogP contribution in [0, 0.1) is 0 Å². The van der Waals surface area contributed by atoms with Crippen molar-refractivity contribution in [3.63, 3.8) is 0 Å². The van der Waals surface area contributed by atoms with Gasteiger partial charge in [-0.05, 0) is 31.2 Å². The zero-order chi connectivity index (χ0) is 22.5. The maximum atomic E-state index is 13.2. The lowest BCUT2D eigenvalue weighted by Crippen LogP contribution is -2.32. The topological polar surface area (TPSA) is 119 Å². The maximum Gasteiger partial charge on any atom is 0.433 e. The van der Waals surface area contributed by atoms with Gasteiger partial charge in [0.15, 0.2) is 11.5 Å². The van der Waals surface area contributed by atoms with Crippen LogP contribution >= 0.6 is 0 Å². The van der Waals surface area contributed by atoms with E-state index < -0.39 is 23.6 Å². The third kappa shape index (κ3) is 3.23. The van der Waals surface area contributed by atoms with Crippen molar-refractivity contribution in [3.8, 4) is 5.82 Å².